The van der Waals surface area contributed by atoms with Crippen molar-refractivity contribution in [2.45, 2.75) is 13.0 Å². The monoisotopic (exact) mass is 204 g/mol. The van der Waals surface area contributed by atoms with E-state index in [0.717, 1.165) is 5.56 Å². The van der Waals surface area contributed by atoms with E-state index < -0.39 is 0 Å². The van der Waals surface area contributed by atoms with Gasteiger partial charge in [0.05, 0.1) is 6.04 Å². The van der Waals surface area contributed by atoms with Crippen molar-refractivity contribution in [3.8, 4) is 0 Å². The Labute approximate surface area is 87.4 Å². The summed E-state index contributed by atoms with van der Waals surface area (Å²) in [6, 6.07) is 6.00. The molecule has 72 valence electrons. The lowest BCUT2D eigenvalue weighted by Gasteiger charge is -2.08. The highest BCUT2D eigenvalue weighted by Crippen LogP contribution is 2.23. The van der Waals surface area contributed by atoms with Crippen molar-refractivity contribution in [2.24, 2.45) is 5.73 Å². The van der Waals surface area contributed by atoms with Crippen LogP contribution in [-0.4, -0.2) is 4.98 Å². The van der Waals surface area contributed by atoms with E-state index in [4.69, 9.17) is 5.73 Å². The Morgan fingerprint density at radius 2 is 2.29 bits per heavy atom. The molecule has 3 heteroatoms. The third kappa shape index (κ3) is 1.84. The maximum absolute atomic E-state index is 6.10. The van der Waals surface area contributed by atoms with Gasteiger partial charge in [-0.3, -0.25) is 4.98 Å². The van der Waals surface area contributed by atoms with E-state index in [2.05, 4.69) is 23.4 Å². The predicted octanol–water partition coefficient (Wildman–Crippen LogP) is 2.50. The number of pyridine rings is 1. The number of nitrogens with zero attached hydrogens (tertiary/aromatic N) is 1. The second kappa shape index (κ2) is 3.90. The molecule has 2 nitrogen and oxygen atoms in total. The molecular weight excluding hydrogens is 192 g/mol. The van der Waals surface area contributed by atoms with Crippen molar-refractivity contribution in [2.75, 3.05) is 0 Å². The largest absolute Gasteiger partial charge is 0.320 e. The molecule has 0 aliphatic heterocycles. The van der Waals surface area contributed by atoms with Gasteiger partial charge in [-0.1, -0.05) is 6.07 Å². The quantitative estimate of drug-likeness (QED) is 0.816. The summed E-state index contributed by atoms with van der Waals surface area (Å²) in [7, 11) is 0. The van der Waals surface area contributed by atoms with E-state index in [1.807, 2.05) is 18.3 Å². The zero-order chi connectivity index (χ0) is 9.97. The van der Waals surface area contributed by atoms with Gasteiger partial charge in [-0.05, 0) is 35.6 Å². The zero-order valence-electron chi connectivity index (χ0n) is 7.97. The van der Waals surface area contributed by atoms with Gasteiger partial charge < -0.3 is 5.73 Å². The van der Waals surface area contributed by atoms with Gasteiger partial charge in [0.2, 0.25) is 0 Å². The van der Waals surface area contributed by atoms with Gasteiger partial charge in [0.15, 0.2) is 0 Å². The van der Waals surface area contributed by atoms with Crippen LogP contribution in [0.2, 0.25) is 0 Å². The lowest BCUT2D eigenvalue weighted by atomic mass is 10.0. The Balaban J connectivity index is 2.29. The minimum absolute atomic E-state index is 0.0475. The molecule has 0 aliphatic rings. The molecule has 0 aromatic carbocycles. The van der Waals surface area contributed by atoms with E-state index in [1.54, 1.807) is 17.5 Å². The van der Waals surface area contributed by atoms with E-state index in [1.165, 1.54) is 10.4 Å². The van der Waals surface area contributed by atoms with Crippen LogP contribution in [0.4, 0.5) is 0 Å². The first kappa shape index (κ1) is 9.37. The molecule has 0 saturated carbocycles. The summed E-state index contributed by atoms with van der Waals surface area (Å²) in [6.07, 6.45) is 3.58. The van der Waals surface area contributed by atoms with Crippen LogP contribution in [0.1, 0.15) is 22.0 Å². The van der Waals surface area contributed by atoms with Crippen LogP contribution in [0.3, 0.4) is 0 Å². The molecule has 1 atom stereocenters. The van der Waals surface area contributed by atoms with Gasteiger partial charge in [-0.25, -0.2) is 0 Å². The molecule has 1 unspecified atom stereocenters. The van der Waals surface area contributed by atoms with Crippen LogP contribution < -0.4 is 5.73 Å². The van der Waals surface area contributed by atoms with Crippen molar-refractivity contribution in [1.82, 2.24) is 4.98 Å². The third-order valence-electron chi connectivity index (χ3n) is 2.15. The van der Waals surface area contributed by atoms with Crippen LogP contribution in [0.25, 0.3) is 0 Å². The summed E-state index contributed by atoms with van der Waals surface area (Å²) in [5.41, 5.74) is 8.32. The fourth-order valence-corrected chi connectivity index (χ4v) is 2.12. The van der Waals surface area contributed by atoms with Gasteiger partial charge in [-0.2, -0.15) is 0 Å². The van der Waals surface area contributed by atoms with Crippen molar-refractivity contribution < 1.29 is 0 Å². The number of nitrogens with two attached hydrogens (primary N) is 1. The fraction of sp³-hybridized carbons (Fsp3) is 0.182. The molecule has 14 heavy (non-hydrogen) atoms. The third-order valence-corrected chi connectivity index (χ3v) is 3.03. The lowest BCUT2D eigenvalue weighted by molar-refractivity contribution is 0.867. The molecule has 0 fully saturated rings. The first-order valence-corrected chi connectivity index (χ1v) is 5.36. The van der Waals surface area contributed by atoms with Crippen LogP contribution in [0.15, 0.2) is 36.0 Å². The maximum Gasteiger partial charge on any atom is 0.0575 e. The van der Waals surface area contributed by atoms with Gasteiger partial charge in [-0.15, -0.1) is 11.3 Å². The maximum atomic E-state index is 6.10. The molecule has 2 aromatic rings. The van der Waals surface area contributed by atoms with E-state index >= 15 is 0 Å². The average Bonchev–Trinajstić information content (AvgIpc) is 2.65. The molecular formula is C11H12N2S. The molecule has 0 aliphatic carbocycles. The summed E-state index contributed by atoms with van der Waals surface area (Å²) >= 11 is 1.73. The van der Waals surface area contributed by atoms with Crippen molar-refractivity contribution >= 4 is 11.3 Å². The van der Waals surface area contributed by atoms with Crippen LogP contribution in [-0.2, 0) is 0 Å². The molecule has 2 rings (SSSR count). The number of rotatable bonds is 2. The van der Waals surface area contributed by atoms with Crippen LogP contribution in [0.5, 0.6) is 0 Å². The van der Waals surface area contributed by atoms with Crippen LogP contribution in [0, 0.1) is 6.92 Å². The topological polar surface area (TPSA) is 38.9 Å². The number of aromatic nitrogens is 1. The Bertz CT molecular complexity index is 408. The highest BCUT2D eigenvalue weighted by molar-refractivity contribution is 7.10. The summed E-state index contributed by atoms with van der Waals surface area (Å²) in [5.74, 6) is 0. The lowest BCUT2D eigenvalue weighted by Crippen LogP contribution is -2.10. The number of hydrogen-bond acceptors (Lipinski definition) is 3. The average molecular weight is 204 g/mol. The highest BCUT2D eigenvalue weighted by Gasteiger charge is 2.09. The summed E-state index contributed by atoms with van der Waals surface area (Å²) in [4.78, 5) is 5.35. The Kier molecular flexibility index (Phi) is 2.61. The molecule has 0 bridgehead atoms. The summed E-state index contributed by atoms with van der Waals surface area (Å²) < 4.78 is 0. The minimum atomic E-state index is -0.0475. The number of thiophene rings is 1. The van der Waals surface area contributed by atoms with E-state index in [0.29, 0.717) is 0 Å². The Morgan fingerprint density at radius 1 is 1.43 bits per heavy atom. The van der Waals surface area contributed by atoms with Gasteiger partial charge in [0.1, 0.15) is 0 Å². The summed E-state index contributed by atoms with van der Waals surface area (Å²) in [6.45, 7) is 2.09. The minimum Gasteiger partial charge on any atom is -0.320 e. The molecule has 0 spiro atoms. The first-order chi connectivity index (χ1) is 6.77. The Morgan fingerprint density at radius 3 is 2.86 bits per heavy atom. The highest BCUT2D eigenvalue weighted by atomic mass is 32.1. The first-order valence-electron chi connectivity index (χ1n) is 4.48. The predicted molar refractivity (Wildman–Crippen MR) is 59.3 cm³/mol. The second-order valence-corrected chi connectivity index (χ2v) is 4.37. The zero-order valence-corrected chi connectivity index (χ0v) is 8.79. The van der Waals surface area contributed by atoms with Crippen LogP contribution >= 0.6 is 11.3 Å². The molecule has 0 amide bonds. The second-order valence-electron chi connectivity index (χ2n) is 3.25. The van der Waals surface area contributed by atoms with E-state index in [9.17, 15) is 0 Å². The summed E-state index contributed by atoms with van der Waals surface area (Å²) in [5, 5.41) is 2.10. The van der Waals surface area contributed by atoms with Crippen molar-refractivity contribution in [3.63, 3.8) is 0 Å². The Hall–Kier alpha value is -1.19. The molecule has 2 N–H and O–H groups in total. The van der Waals surface area contributed by atoms with Gasteiger partial charge >= 0.3 is 0 Å². The van der Waals surface area contributed by atoms with Crippen molar-refractivity contribution in [1.29, 1.82) is 0 Å². The van der Waals surface area contributed by atoms with E-state index in [-0.39, 0.29) is 6.04 Å². The SMILES string of the molecule is Cc1cc(C(N)c2cccnc2)cs1. The number of aryl methyl sites for hydroxylation is 1. The molecule has 0 radical (unpaired) electrons. The molecule has 0 saturated heterocycles. The molecule has 2 aromatic heterocycles. The molecule has 2 heterocycles. The fourth-order valence-electron chi connectivity index (χ4n) is 1.38. The normalized spacial score (nSPS) is 12.7. The smallest absolute Gasteiger partial charge is 0.0575 e. The van der Waals surface area contributed by atoms with Gasteiger partial charge in [0.25, 0.3) is 0 Å². The standard InChI is InChI=1S/C11H12N2S/c1-8-5-10(7-14-8)11(12)9-3-2-4-13-6-9/h2-7,11H,12H2,1H3. The van der Waals surface area contributed by atoms with Gasteiger partial charge in [0, 0.05) is 17.3 Å². The van der Waals surface area contributed by atoms with Crippen molar-refractivity contribution in [3.05, 3.63) is 52.0 Å². The number of hydrogen-bond donors (Lipinski definition) is 1.